The third-order valence-electron chi connectivity index (χ3n) is 1.91. The highest BCUT2D eigenvalue weighted by Crippen LogP contribution is 2.13. The van der Waals surface area contributed by atoms with E-state index in [2.05, 4.69) is 10.1 Å². The molecule has 5 nitrogen and oxygen atoms in total. The van der Waals surface area contributed by atoms with Crippen molar-refractivity contribution in [3.63, 3.8) is 0 Å². The van der Waals surface area contributed by atoms with E-state index in [4.69, 9.17) is 10.5 Å². The molecular formula is C10H19F3N2O3. The summed E-state index contributed by atoms with van der Waals surface area (Å²) in [6.45, 7) is 0.972. The fourth-order valence-corrected chi connectivity index (χ4v) is 1.18. The third kappa shape index (κ3) is 10.3. The molecule has 0 spiro atoms. The van der Waals surface area contributed by atoms with Crippen molar-refractivity contribution in [2.75, 3.05) is 32.9 Å². The molecule has 0 bridgehead atoms. The number of ether oxygens (including phenoxy) is 2. The van der Waals surface area contributed by atoms with Crippen LogP contribution in [0.15, 0.2) is 0 Å². The van der Waals surface area contributed by atoms with Gasteiger partial charge in [0.05, 0.1) is 19.1 Å². The minimum atomic E-state index is -4.34. The lowest BCUT2D eigenvalue weighted by molar-refractivity contribution is -0.173. The molecule has 0 saturated carbocycles. The van der Waals surface area contributed by atoms with E-state index >= 15 is 0 Å². The van der Waals surface area contributed by atoms with Crippen LogP contribution in [0.1, 0.15) is 13.3 Å². The van der Waals surface area contributed by atoms with Crippen LogP contribution in [0.25, 0.3) is 0 Å². The molecule has 0 aromatic rings. The Balaban J connectivity index is 3.58. The maximum atomic E-state index is 11.7. The number of hydrogen-bond donors (Lipinski definition) is 2. The molecule has 108 valence electrons. The monoisotopic (exact) mass is 272 g/mol. The van der Waals surface area contributed by atoms with Gasteiger partial charge in [0.25, 0.3) is 0 Å². The first kappa shape index (κ1) is 17.1. The summed E-state index contributed by atoms with van der Waals surface area (Å²) >= 11 is 0. The summed E-state index contributed by atoms with van der Waals surface area (Å²) in [5.41, 5.74) is 5.38. The number of alkyl halides is 3. The van der Waals surface area contributed by atoms with Crippen LogP contribution in [0, 0.1) is 0 Å². The summed E-state index contributed by atoms with van der Waals surface area (Å²) in [6.07, 6.45) is -4.63. The molecule has 0 rings (SSSR count). The fraction of sp³-hybridized carbons (Fsp3) is 0.900. The molecule has 0 aromatic heterocycles. The maximum absolute atomic E-state index is 11.7. The van der Waals surface area contributed by atoms with E-state index in [1.165, 1.54) is 0 Å². The molecule has 0 fully saturated rings. The molecule has 0 heterocycles. The van der Waals surface area contributed by atoms with Gasteiger partial charge in [-0.25, -0.2) is 0 Å². The largest absolute Gasteiger partial charge is 0.411 e. The van der Waals surface area contributed by atoms with Crippen LogP contribution in [0.4, 0.5) is 13.2 Å². The average Bonchev–Trinajstić information content (AvgIpc) is 2.26. The van der Waals surface area contributed by atoms with Crippen molar-refractivity contribution in [1.29, 1.82) is 0 Å². The summed E-state index contributed by atoms with van der Waals surface area (Å²) < 4.78 is 44.6. The minimum absolute atomic E-state index is 0.0261. The highest BCUT2D eigenvalue weighted by molar-refractivity contribution is 5.76. The van der Waals surface area contributed by atoms with Gasteiger partial charge in [-0.15, -0.1) is 0 Å². The number of halogens is 3. The lowest BCUT2D eigenvalue weighted by Gasteiger charge is -2.14. The Morgan fingerprint density at radius 1 is 1.44 bits per heavy atom. The average molecular weight is 272 g/mol. The molecule has 0 aliphatic carbocycles. The SMILES string of the molecule is CCOC(CN)CC(=O)NCCOCC(F)(F)F. The van der Waals surface area contributed by atoms with Crippen molar-refractivity contribution >= 4 is 5.91 Å². The van der Waals surface area contributed by atoms with Crippen molar-refractivity contribution < 1.29 is 27.4 Å². The molecule has 1 unspecified atom stereocenters. The maximum Gasteiger partial charge on any atom is 0.411 e. The Hall–Kier alpha value is -0.860. The number of nitrogens with one attached hydrogen (secondary N) is 1. The number of carbonyl (C=O) groups is 1. The number of nitrogens with two attached hydrogens (primary N) is 1. The Labute approximate surface area is 104 Å². The molecule has 1 amide bonds. The van der Waals surface area contributed by atoms with Crippen LogP contribution in [0.3, 0.4) is 0 Å². The Morgan fingerprint density at radius 2 is 2.11 bits per heavy atom. The summed E-state index contributed by atoms with van der Waals surface area (Å²) in [6, 6.07) is 0. The minimum Gasteiger partial charge on any atom is -0.377 e. The van der Waals surface area contributed by atoms with Gasteiger partial charge in [-0.2, -0.15) is 13.2 Å². The predicted molar refractivity (Wildman–Crippen MR) is 59.0 cm³/mol. The molecule has 3 N–H and O–H groups in total. The second-order valence-corrected chi connectivity index (χ2v) is 3.53. The van der Waals surface area contributed by atoms with Crippen LogP contribution in [-0.4, -0.2) is 51.1 Å². The van der Waals surface area contributed by atoms with Gasteiger partial charge in [0.1, 0.15) is 6.61 Å². The van der Waals surface area contributed by atoms with Gasteiger partial charge in [-0.1, -0.05) is 0 Å². The van der Waals surface area contributed by atoms with Gasteiger partial charge in [0, 0.05) is 19.7 Å². The van der Waals surface area contributed by atoms with Crippen molar-refractivity contribution in [2.45, 2.75) is 25.6 Å². The van der Waals surface area contributed by atoms with E-state index < -0.39 is 12.8 Å². The second-order valence-electron chi connectivity index (χ2n) is 3.53. The summed E-state index contributed by atoms with van der Waals surface area (Å²) in [5, 5.41) is 2.43. The second kappa shape index (κ2) is 9.12. The topological polar surface area (TPSA) is 73.6 Å². The summed E-state index contributed by atoms with van der Waals surface area (Å²) in [4.78, 5) is 11.3. The van der Waals surface area contributed by atoms with E-state index in [1.54, 1.807) is 6.92 Å². The Bertz CT molecular complexity index is 237. The van der Waals surface area contributed by atoms with Gasteiger partial charge >= 0.3 is 6.18 Å². The third-order valence-corrected chi connectivity index (χ3v) is 1.91. The van der Waals surface area contributed by atoms with Gasteiger partial charge in [0.2, 0.25) is 5.91 Å². The molecular weight excluding hydrogens is 253 g/mol. The molecule has 0 saturated heterocycles. The van der Waals surface area contributed by atoms with Crippen LogP contribution in [0.2, 0.25) is 0 Å². The van der Waals surface area contributed by atoms with E-state index in [0.717, 1.165) is 0 Å². The molecule has 18 heavy (non-hydrogen) atoms. The summed E-state index contributed by atoms with van der Waals surface area (Å²) in [7, 11) is 0. The van der Waals surface area contributed by atoms with Crippen LogP contribution in [0.5, 0.6) is 0 Å². The first-order valence-corrected chi connectivity index (χ1v) is 5.62. The molecule has 0 aliphatic rings. The zero-order valence-electron chi connectivity index (χ0n) is 10.3. The Morgan fingerprint density at radius 3 is 2.61 bits per heavy atom. The van der Waals surface area contributed by atoms with Crippen LogP contribution < -0.4 is 11.1 Å². The van der Waals surface area contributed by atoms with Gasteiger partial charge in [-0.05, 0) is 6.92 Å². The van der Waals surface area contributed by atoms with Crippen LogP contribution in [-0.2, 0) is 14.3 Å². The molecule has 0 aliphatic heterocycles. The number of carbonyl (C=O) groups excluding carboxylic acids is 1. The normalized spacial score (nSPS) is 13.4. The van der Waals surface area contributed by atoms with E-state index in [0.29, 0.717) is 6.61 Å². The van der Waals surface area contributed by atoms with E-state index in [-0.39, 0.29) is 38.1 Å². The molecule has 0 radical (unpaired) electrons. The number of hydrogen-bond acceptors (Lipinski definition) is 4. The lowest BCUT2D eigenvalue weighted by Crippen LogP contribution is -2.34. The van der Waals surface area contributed by atoms with Crippen molar-refractivity contribution in [3.8, 4) is 0 Å². The fourth-order valence-electron chi connectivity index (χ4n) is 1.18. The zero-order valence-corrected chi connectivity index (χ0v) is 10.3. The lowest BCUT2D eigenvalue weighted by atomic mass is 10.2. The van der Waals surface area contributed by atoms with Gasteiger partial charge in [-0.3, -0.25) is 4.79 Å². The standard InChI is InChI=1S/C10H19F3N2O3/c1-2-18-8(6-14)5-9(16)15-3-4-17-7-10(11,12)13/h8H,2-7,14H2,1H3,(H,15,16). The van der Waals surface area contributed by atoms with Crippen molar-refractivity contribution in [1.82, 2.24) is 5.32 Å². The van der Waals surface area contributed by atoms with Crippen LogP contribution >= 0.6 is 0 Å². The number of rotatable bonds is 9. The molecule has 0 aromatic carbocycles. The zero-order chi connectivity index (χ0) is 14.0. The first-order chi connectivity index (χ1) is 8.39. The highest BCUT2D eigenvalue weighted by Gasteiger charge is 2.27. The van der Waals surface area contributed by atoms with Gasteiger partial charge in [0.15, 0.2) is 0 Å². The predicted octanol–water partition coefficient (Wildman–Crippen LogP) is 0.435. The van der Waals surface area contributed by atoms with Gasteiger partial charge < -0.3 is 20.5 Å². The quantitative estimate of drug-likeness (QED) is 0.597. The van der Waals surface area contributed by atoms with E-state index in [9.17, 15) is 18.0 Å². The first-order valence-electron chi connectivity index (χ1n) is 5.62. The summed E-state index contributed by atoms with van der Waals surface area (Å²) in [5.74, 6) is -0.325. The number of amides is 1. The Kier molecular flexibility index (Phi) is 8.69. The molecule has 8 heteroatoms. The smallest absolute Gasteiger partial charge is 0.377 e. The highest BCUT2D eigenvalue weighted by atomic mass is 19.4. The van der Waals surface area contributed by atoms with E-state index in [1.807, 2.05) is 0 Å². The van der Waals surface area contributed by atoms with Crippen molar-refractivity contribution in [3.05, 3.63) is 0 Å². The van der Waals surface area contributed by atoms with Crippen molar-refractivity contribution in [2.24, 2.45) is 5.73 Å². The molecule has 1 atom stereocenters.